The molecule has 1 atom stereocenters. The van der Waals surface area contributed by atoms with Gasteiger partial charge in [0.2, 0.25) is 0 Å². The second-order valence-corrected chi connectivity index (χ2v) is 5.08. The Balaban J connectivity index is 1.79. The van der Waals surface area contributed by atoms with Crippen LogP contribution in [0, 0.1) is 0 Å². The van der Waals surface area contributed by atoms with Crippen molar-refractivity contribution in [1.29, 1.82) is 0 Å². The zero-order valence-corrected chi connectivity index (χ0v) is 12.8. The third kappa shape index (κ3) is 4.41. The first-order valence-electron chi connectivity index (χ1n) is 7.49. The fourth-order valence-corrected chi connectivity index (χ4v) is 2.47. The third-order valence-electron chi connectivity index (χ3n) is 3.71. The summed E-state index contributed by atoms with van der Waals surface area (Å²) in [7, 11) is 1.76. The highest BCUT2D eigenvalue weighted by Gasteiger charge is 2.19. The highest BCUT2D eigenvalue weighted by atomic mass is 16.5. The van der Waals surface area contributed by atoms with E-state index >= 15 is 0 Å². The van der Waals surface area contributed by atoms with Crippen LogP contribution in [0.4, 0.5) is 5.82 Å². The molecule has 2 heterocycles. The average Bonchev–Trinajstić information content (AvgIpc) is 2.55. The molecule has 0 aromatic carbocycles. The molecule has 1 saturated heterocycles. The van der Waals surface area contributed by atoms with Crippen LogP contribution in [-0.2, 0) is 4.74 Å². The van der Waals surface area contributed by atoms with Gasteiger partial charge >= 0.3 is 0 Å². The van der Waals surface area contributed by atoms with Gasteiger partial charge in [0.05, 0.1) is 18.3 Å². The van der Waals surface area contributed by atoms with Gasteiger partial charge < -0.3 is 15.4 Å². The van der Waals surface area contributed by atoms with Crippen molar-refractivity contribution in [1.82, 2.24) is 15.2 Å². The van der Waals surface area contributed by atoms with E-state index in [0.717, 1.165) is 32.7 Å². The molecule has 0 radical (unpaired) electrons. The molecule has 1 unspecified atom stereocenters. The molecule has 6 nitrogen and oxygen atoms in total. The maximum atomic E-state index is 12.1. The van der Waals surface area contributed by atoms with Gasteiger partial charge in [0.25, 0.3) is 5.91 Å². The van der Waals surface area contributed by atoms with Gasteiger partial charge in [0.1, 0.15) is 5.82 Å². The molecular weight excluding hydrogens is 268 g/mol. The Hall–Kier alpha value is -1.66. The monoisotopic (exact) mass is 292 g/mol. The Morgan fingerprint density at radius 3 is 3.19 bits per heavy atom. The molecule has 116 valence electrons. The van der Waals surface area contributed by atoms with Crippen LogP contribution in [0.15, 0.2) is 18.3 Å². The summed E-state index contributed by atoms with van der Waals surface area (Å²) in [6.07, 6.45) is 2.70. The predicted octanol–water partition coefficient (Wildman–Crippen LogP) is 0.964. The Labute approximate surface area is 125 Å². The normalized spacial score (nSPS) is 19.2. The summed E-state index contributed by atoms with van der Waals surface area (Å²) < 4.78 is 5.72. The third-order valence-corrected chi connectivity index (χ3v) is 3.71. The van der Waals surface area contributed by atoms with Gasteiger partial charge in [-0.05, 0) is 25.1 Å². The number of morpholine rings is 1. The van der Waals surface area contributed by atoms with Crippen molar-refractivity contribution in [3.63, 3.8) is 0 Å². The fraction of sp³-hybridized carbons (Fsp3) is 0.600. The van der Waals surface area contributed by atoms with E-state index in [0.29, 0.717) is 17.9 Å². The van der Waals surface area contributed by atoms with Crippen molar-refractivity contribution in [2.45, 2.75) is 19.4 Å². The standard InChI is InChI=1S/C15H24N4O2/c1-3-19-9-10-21-12(11-19)6-8-18-15(20)13-5-4-7-17-14(13)16-2/h4-5,7,12H,3,6,8-11H2,1-2H3,(H,16,17)(H,18,20). The zero-order chi connectivity index (χ0) is 15.1. The molecule has 1 aromatic heterocycles. The van der Waals surface area contributed by atoms with Gasteiger partial charge in [-0.2, -0.15) is 0 Å². The number of carbonyl (C=O) groups excluding carboxylic acids is 1. The van der Waals surface area contributed by atoms with Gasteiger partial charge in [0.15, 0.2) is 0 Å². The number of ether oxygens (including phenoxy) is 1. The van der Waals surface area contributed by atoms with Gasteiger partial charge in [-0.3, -0.25) is 9.69 Å². The minimum Gasteiger partial charge on any atom is -0.375 e. The maximum absolute atomic E-state index is 12.1. The van der Waals surface area contributed by atoms with E-state index in [9.17, 15) is 4.79 Å². The largest absolute Gasteiger partial charge is 0.375 e. The summed E-state index contributed by atoms with van der Waals surface area (Å²) in [6.45, 7) is 6.54. The van der Waals surface area contributed by atoms with Crippen LogP contribution in [0.2, 0.25) is 0 Å². The molecule has 2 N–H and O–H groups in total. The van der Waals surface area contributed by atoms with Crippen molar-refractivity contribution < 1.29 is 9.53 Å². The first-order chi connectivity index (χ1) is 10.2. The van der Waals surface area contributed by atoms with E-state index in [2.05, 4.69) is 27.4 Å². The predicted molar refractivity (Wildman–Crippen MR) is 82.6 cm³/mol. The van der Waals surface area contributed by atoms with E-state index in [1.54, 1.807) is 25.4 Å². The summed E-state index contributed by atoms with van der Waals surface area (Å²) >= 11 is 0. The Kier molecular flexibility index (Phi) is 5.95. The highest BCUT2D eigenvalue weighted by molar-refractivity contribution is 5.98. The lowest BCUT2D eigenvalue weighted by Gasteiger charge is -2.32. The molecule has 1 fully saturated rings. The van der Waals surface area contributed by atoms with Crippen molar-refractivity contribution in [2.24, 2.45) is 0 Å². The Morgan fingerprint density at radius 2 is 2.43 bits per heavy atom. The summed E-state index contributed by atoms with van der Waals surface area (Å²) in [4.78, 5) is 18.6. The van der Waals surface area contributed by atoms with Crippen molar-refractivity contribution in [3.8, 4) is 0 Å². The summed E-state index contributed by atoms with van der Waals surface area (Å²) in [5.41, 5.74) is 0.569. The van der Waals surface area contributed by atoms with E-state index in [1.807, 2.05) is 0 Å². The number of hydrogen-bond acceptors (Lipinski definition) is 5. The fourth-order valence-electron chi connectivity index (χ4n) is 2.47. The minimum absolute atomic E-state index is 0.101. The summed E-state index contributed by atoms with van der Waals surface area (Å²) in [5, 5.41) is 5.86. The number of likely N-dealkylation sites (N-methyl/N-ethyl adjacent to an activating group) is 1. The lowest BCUT2D eigenvalue weighted by molar-refractivity contribution is -0.0296. The molecule has 1 aromatic rings. The SMILES string of the molecule is CCN1CCOC(CCNC(=O)c2cccnc2NC)C1. The van der Waals surface area contributed by atoms with E-state index in [4.69, 9.17) is 4.74 Å². The molecule has 1 amide bonds. The van der Waals surface area contributed by atoms with Crippen molar-refractivity contribution in [3.05, 3.63) is 23.9 Å². The number of anilines is 1. The molecule has 0 bridgehead atoms. The molecule has 1 aliphatic rings. The van der Waals surface area contributed by atoms with Crippen LogP contribution in [0.3, 0.4) is 0 Å². The van der Waals surface area contributed by atoms with Gasteiger partial charge in [0, 0.05) is 32.9 Å². The quantitative estimate of drug-likeness (QED) is 0.817. The molecule has 6 heteroatoms. The van der Waals surface area contributed by atoms with Crippen molar-refractivity contribution >= 4 is 11.7 Å². The highest BCUT2D eigenvalue weighted by Crippen LogP contribution is 2.11. The van der Waals surface area contributed by atoms with Crippen LogP contribution in [-0.4, -0.2) is 61.7 Å². The molecule has 0 saturated carbocycles. The maximum Gasteiger partial charge on any atom is 0.255 e. The average molecular weight is 292 g/mol. The first kappa shape index (κ1) is 15.7. The minimum atomic E-state index is -0.101. The topological polar surface area (TPSA) is 66.5 Å². The zero-order valence-electron chi connectivity index (χ0n) is 12.8. The van der Waals surface area contributed by atoms with Crippen LogP contribution in [0.25, 0.3) is 0 Å². The Bertz CT molecular complexity index is 467. The lowest BCUT2D eigenvalue weighted by Crippen LogP contribution is -2.43. The van der Waals surface area contributed by atoms with E-state index in [-0.39, 0.29) is 12.0 Å². The van der Waals surface area contributed by atoms with E-state index in [1.165, 1.54) is 0 Å². The number of hydrogen-bond donors (Lipinski definition) is 2. The number of rotatable bonds is 6. The summed E-state index contributed by atoms with van der Waals surface area (Å²) in [6, 6.07) is 3.53. The van der Waals surface area contributed by atoms with E-state index < -0.39 is 0 Å². The number of pyridine rings is 1. The van der Waals surface area contributed by atoms with Gasteiger partial charge in [-0.15, -0.1) is 0 Å². The molecule has 0 aliphatic carbocycles. The second kappa shape index (κ2) is 7.95. The smallest absolute Gasteiger partial charge is 0.255 e. The lowest BCUT2D eigenvalue weighted by atomic mass is 10.2. The number of aromatic nitrogens is 1. The molecular formula is C15H24N4O2. The second-order valence-electron chi connectivity index (χ2n) is 5.08. The van der Waals surface area contributed by atoms with Crippen LogP contribution >= 0.6 is 0 Å². The van der Waals surface area contributed by atoms with Gasteiger partial charge in [-0.1, -0.05) is 6.92 Å². The Morgan fingerprint density at radius 1 is 1.57 bits per heavy atom. The number of carbonyl (C=O) groups is 1. The summed E-state index contributed by atoms with van der Waals surface area (Å²) in [5.74, 6) is 0.497. The molecule has 1 aliphatic heterocycles. The molecule has 0 spiro atoms. The molecule has 21 heavy (non-hydrogen) atoms. The van der Waals surface area contributed by atoms with Gasteiger partial charge in [-0.25, -0.2) is 4.98 Å². The number of nitrogens with zero attached hydrogens (tertiary/aromatic N) is 2. The molecule has 2 rings (SSSR count). The van der Waals surface area contributed by atoms with Crippen LogP contribution < -0.4 is 10.6 Å². The van der Waals surface area contributed by atoms with Crippen LogP contribution in [0.5, 0.6) is 0 Å². The van der Waals surface area contributed by atoms with Crippen molar-refractivity contribution in [2.75, 3.05) is 45.2 Å². The number of amides is 1. The first-order valence-corrected chi connectivity index (χ1v) is 7.49. The van der Waals surface area contributed by atoms with Crippen LogP contribution in [0.1, 0.15) is 23.7 Å². The number of nitrogens with one attached hydrogen (secondary N) is 2.